The molecule has 0 radical (unpaired) electrons. The topological polar surface area (TPSA) is 68.3 Å². The predicted octanol–water partition coefficient (Wildman–Crippen LogP) is 2.98. The molecule has 2 heterocycles. The lowest BCUT2D eigenvalue weighted by atomic mass is 9.89. The van der Waals surface area contributed by atoms with Crippen molar-refractivity contribution in [3.63, 3.8) is 0 Å². The number of esters is 1. The van der Waals surface area contributed by atoms with Gasteiger partial charge in [-0.15, -0.1) is 0 Å². The monoisotopic (exact) mass is 310 g/mol. The number of hydrogen-bond donors (Lipinski definition) is 1. The second kappa shape index (κ2) is 6.89. The smallest absolute Gasteiger partial charge is 0.306 e. The van der Waals surface area contributed by atoms with E-state index in [4.69, 9.17) is 16.3 Å². The lowest BCUT2D eigenvalue weighted by molar-refractivity contribution is -0.157. The maximum atomic E-state index is 12.5. The normalized spacial score (nSPS) is 21.1. The van der Waals surface area contributed by atoms with E-state index >= 15 is 0 Å². The van der Waals surface area contributed by atoms with Crippen LogP contribution >= 0.6 is 11.6 Å². The van der Waals surface area contributed by atoms with Crippen LogP contribution in [0.5, 0.6) is 0 Å². The van der Waals surface area contributed by atoms with Crippen LogP contribution in [-0.4, -0.2) is 28.9 Å². The fraction of sp³-hybridized carbons (Fsp3) is 0.533. The quantitative estimate of drug-likeness (QED) is 0.784. The highest BCUT2D eigenvalue weighted by Gasteiger charge is 2.45. The minimum Gasteiger partial charge on any atom is -0.451 e. The van der Waals surface area contributed by atoms with Gasteiger partial charge in [-0.1, -0.05) is 24.9 Å². The van der Waals surface area contributed by atoms with Gasteiger partial charge in [-0.3, -0.25) is 9.59 Å². The molecule has 1 N–H and O–H groups in total. The molecule has 1 atom stereocenters. The Morgan fingerprint density at radius 2 is 2.33 bits per heavy atom. The van der Waals surface area contributed by atoms with Gasteiger partial charge in [0.25, 0.3) is 0 Å². The van der Waals surface area contributed by atoms with Crippen molar-refractivity contribution in [3.05, 3.63) is 23.4 Å². The van der Waals surface area contributed by atoms with E-state index in [1.54, 1.807) is 12.1 Å². The minimum atomic E-state index is -0.952. The van der Waals surface area contributed by atoms with Crippen molar-refractivity contribution in [1.82, 2.24) is 4.98 Å². The largest absolute Gasteiger partial charge is 0.451 e. The lowest BCUT2D eigenvalue weighted by Gasteiger charge is -2.26. The average Bonchev–Trinajstić information content (AvgIpc) is 2.87. The van der Waals surface area contributed by atoms with E-state index in [0.29, 0.717) is 30.1 Å². The number of ketones is 1. The molecule has 21 heavy (non-hydrogen) atoms. The molecule has 1 aromatic heterocycles. The summed E-state index contributed by atoms with van der Waals surface area (Å²) in [5.41, 5.74) is -0.952. The molecule has 114 valence electrons. The van der Waals surface area contributed by atoms with Crippen LogP contribution in [0.25, 0.3) is 0 Å². The zero-order chi connectivity index (χ0) is 15.3. The summed E-state index contributed by atoms with van der Waals surface area (Å²) < 4.78 is 5.35. The Morgan fingerprint density at radius 1 is 1.52 bits per heavy atom. The van der Waals surface area contributed by atoms with E-state index in [9.17, 15) is 9.59 Å². The van der Waals surface area contributed by atoms with Crippen molar-refractivity contribution in [2.24, 2.45) is 0 Å². The summed E-state index contributed by atoms with van der Waals surface area (Å²) in [7, 11) is 0. The van der Waals surface area contributed by atoms with Crippen molar-refractivity contribution in [2.45, 2.75) is 44.6 Å². The van der Waals surface area contributed by atoms with Crippen molar-refractivity contribution in [1.29, 1.82) is 0 Å². The number of nitrogens with zero attached hydrogens (tertiary/aromatic N) is 1. The third-order valence-electron chi connectivity index (χ3n) is 3.64. The molecule has 0 spiro atoms. The van der Waals surface area contributed by atoms with Gasteiger partial charge in [-0.2, -0.15) is 0 Å². The van der Waals surface area contributed by atoms with Crippen LogP contribution in [0.3, 0.4) is 0 Å². The summed E-state index contributed by atoms with van der Waals surface area (Å²) >= 11 is 5.76. The van der Waals surface area contributed by atoms with E-state index in [0.717, 1.165) is 12.8 Å². The van der Waals surface area contributed by atoms with Gasteiger partial charge >= 0.3 is 5.97 Å². The van der Waals surface area contributed by atoms with E-state index < -0.39 is 5.60 Å². The van der Waals surface area contributed by atoms with Gasteiger partial charge in [0.15, 0.2) is 11.4 Å². The molecule has 1 aliphatic heterocycles. The number of anilines is 1. The summed E-state index contributed by atoms with van der Waals surface area (Å²) in [6, 6.07) is 3.40. The Hall–Kier alpha value is -1.62. The first-order valence-corrected chi connectivity index (χ1v) is 7.54. The number of carbonyl (C=O) groups excluding carboxylic acids is 2. The molecule has 1 fully saturated rings. The fourth-order valence-corrected chi connectivity index (χ4v) is 2.52. The van der Waals surface area contributed by atoms with Gasteiger partial charge in [0.05, 0.1) is 11.6 Å². The number of pyridine rings is 1. The molecule has 1 aliphatic rings. The number of hydrogen-bond acceptors (Lipinski definition) is 5. The van der Waals surface area contributed by atoms with Crippen molar-refractivity contribution < 1.29 is 14.3 Å². The first-order chi connectivity index (χ1) is 10.1. The number of cyclic esters (lactones) is 1. The third-order valence-corrected chi connectivity index (χ3v) is 3.87. The van der Waals surface area contributed by atoms with Crippen LogP contribution in [0, 0.1) is 0 Å². The summed E-state index contributed by atoms with van der Waals surface area (Å²) in [6.07, 6.45) is 4.70. The van der Waals surface area contributed by atoms with Crippen LogP contribution < -0.4 is 5.32 Å². The maximum Gasteiger partial charge on any atom is 0.306 e. The lowest BCUT2D eigenvalue weighted by Crippen LogP contribution is -2.42. The molecule has 6 heteroatoms. The number of halogens is 1. The molecule has 0 aromatic carbocycles. The Kier molecular flexibility index (Phi) is 5.17. The van der Waals surface area contributed by atoms with Crippen LogP contribution in [-0.2, 0) is 14.3 Å². The molecule has 1 saturated heterocycles. The zero-order valence-corrected chi connectivity index (χ0v) is 12.8. The highest BCUT2D eigenvalue weighted by molar-refractivity contribution is 6.30. The fourth-order valence-electron chi connectivity index (χ4n) is 2.41. The molecule has 0 unspecified atom stereocenters. The molecular weight excluding hydrogens is 292 g/mol. The van der Waals surface area contributed by atoms with Crippen LogP contribution in [0.15, 0.2) is 18.3 Å². The maximum absolute atomic E-state index is 12.5. The number of unbranched alkanes of at least 4 members (excludes halogenated alkanes) is 1. The Labute approximate surface area is 129 Å². The first kappa shape index (κ1) is 15.8. The van der Waals surface area contributed by atoms with Crippen molar-refractivity contribution in [2.75, 3.05) is 11.9 Å². The summed E-state index contributed by atoms with van der Waals surface area (Å²) in [5.74, 6) is 0.185. The van der Waals surface area contributed by atoms with Crippen LogP contribution in [0.4, 0.5) is 5.82 Å². The second-order valence-corrected chi connectivity index (χ2v) is 5.65. The first-order valence-electron chi connectivity index (χ1n) is 7.16. The van der Waals surface area contributed by atoms with Gasteiger partial charge in [-0.05, 0) is 25.0 Å². The van der Waals surface area contributed by atoms with Crippen molar-refractivity contribution in [3.8, 4) is 0 Å². The van der Waals surface area contributed by atoms with E-state index in [-0.39, 0.29) is 18.3 Å². The highest BCUT2D eigenvalue weighted by atomic mass is 35.5. The number of aromatic nitrogens is 1. The van der Waals surface area contributed by atoms with E-state index in [1.165, 1.54) is 6.20 Å². The molecule has 0 amide bonds. The van der Waals surface area contributed by atoms with Crippen molar-refractivity contribution >= 4 is 29.2 Å². The van der Waals surface area contributed by atoms with Gasteiger partial charge < -0.3 is 10.1 Å². The minimum absolute atomic E-state index is 0.0889. The van der Waals surface area contributed by atoms with Crippen LogP contribution in [0.1, 0.15) is 39.0 Å². The molecule has 0 aliphatic carbocycles. The van der Waals surface area contributed by atoms with Gasteiger partial charge in [0.2, 0.25) is 0 Å². The Morgan fingerprint density at radius 3 is 2.90 bits per heavy atom. The predicted molar refractivity (Wildman–Crippen MR) is 80.3 cm³/mol. The summed E-state index contributed by atoms with van der Waals surface area (Å²) in [5, 5.41) is 3.49. The molecule has 0 bridgehead atoms. The van der Waals surface area contributed by atoms with Gasteiger partial charge in [-0.25, -0.2) is 4.98 Å². The number of rotatable bonds is 7. The molecule has 5 nitrogen and oxygen atoms in total. The number of ether oxygens (including phenoxy) is 1. The third kappa shape index (κ3) is 3.94. The molecule has 1 aromatic rings. The Bertz CT molecular complexity index is 518. The average molecular weight is 311 g/mol. The number of Topliss-reactive ketones (excluding diaryl/α,β-unsaturated/α-hetero) is 1. The number of carbonyl (C=O) groups is 2. The zero-order valence-electron chi connectivity index (χ0n) is 12.0. The van der Waals surface area contributed by atoms with Gasteiger partial charge in [0, 0.05) is 19.0 Å². The van der Waals surface area contributed by atoms with Gasteiger partial charge in [0.1, 0.15) is 5.82 Å². The highest BCUT2D eigenvalue weighted by Crippen LogP contribution is 2.32. The standard InChI is InChI=1S/C15H19ClN2O3/c1-2-3-7-15(8-6-14(20)21-15)12(19)10-18-13-5-4-11(16)9-17-13/h4-5,9H,2-3,6-8,10H2,1H3,(H,17,18)/t15-/m0/s1. The number of nitrogens with one attached hydrogen (secondary N) is 1. The summed E-state index contributed by atoms with van der Waals surface area (Å²) in [4.78, 5) is 28.0. The second-order valence-electron chi connectivity index (χ2n) is 5.21. The SMILES string of the molecule is CCCC[C@@]1(C(=O)CNc2ccc(Cl)cn2)CCC(=O)O1. The van der Waals surface area contributed by atoms with E-state index in [1.807, 2.05) is 6.92 Å². The Balaban J connectivity index is 1.98. The molecule has 2 rings (SSSR count). The molecule has 0 saturated carbocycles. The summed E-state index contributed by atoms with van der Waals surface area (Å²) in [6.45, 7) is 2.14. The van der Waals surface area contributed by atoms with E-state index in [2.05, 4.69) is 10.3 Å². The molecular formula is C15H19ClN2O3. The van der Waals surface area contributed by atoms with Crippen LogP contribution in [0.2, 0.25) is 5.02 Å².